The Morgan fingerprint density at radius 1 is 1.16 bits per heavy atom. The Balaban J connectivity index is 0.00000133. The first-order chi connectivity index (χ1) is 8.79. The van der Waals surface area contributed by atoms with Crippen molar-refractivity contribution in [3.63, 3.8) is 0 Å². The van der Waals surface area contributed by atoms with E-state index >= 15 is 0 Å². The highest BCUT2D eigenvalue weighted by molar-refractivity contribution is 5.85. The molecule has 0 aromatic heterocycles. The van der Waals surface area contributed by atoms with Gasteiger partial charge in [-0.1, -0.05) is 0 Å². The average molecular weight is 289 g/mol. The average Bonchev–Trinajstić information content (AvgIpc) is 2.97. The van der Waals surface area contributed by atoms with Gasteiger partial charge in [0.1, 0.15) is 0 Å². The number of fused-ring (bicyclic) bond motifs is 2. The number of ether oxygens (including phenoxy) is 1. The Bertz CT molecular complexity index is 296. The lowest BCUT2D eigenvalue weighted by molar-refractivity contribution is -0.122. The van der Waals surface area contributed by atoms with Crippen LogP contribution in [0.15, 0.2) is 0 Å². The van der Waals surface area contributed by atoms with Crippen LogP contribution in [-0.2, 0) is 9.53 Å². The van der Waals surface area contributed by atoms with Gasteiger partial charge in [0.15, 0.2) is 0 Å². The molecule has 0 aliphatic carbocycles. The van der Waals surface area contributed by atoms with Gasteiger partial charge in [0.25, 0.3) is 0 Å². The minimum Gasteiger partial charge on any atom is -0.381 e. The van der Waals surface area contributed by atoms with Crippen molar-refractivity contribution in [3.8, 4) is 0 Å². The van der Waals surface area contributed by atoms with Gasteiger partial charge in [-0.25, -0.2) is 0 Å². The van der Waals surface area contributed by atoms with Gasteiger partial charge in [0, 0.05) is 37.6 Å². The molecule has 3 unspecified atom stereocenters. The monoisotopic (exact) mass is 288 g/mol. The van der Waals surface area contributed by atoms with Gasteiger partial charge < -0.3 is 15.4 Å². The van der Waals surface area contributed by atoms with Crippen molar-refractivity contribution in [1.29, 1.82) is 0 Å². The van der Waals surface area contributed by atoms with Crippen molar-refractivity contribution in [2.45, 2.75) is 50.6 Å². The molecule has 19 heavy (non-hydrogen) atoms. The number of carbonyl (C=O) groups is 1. The lowest BCUT2D eigenvalue weighted by atomic mass is 9.89. The van der Waals surface area contributed by atoms with Crippen LogP contribution in [-0.4, -0.2) is 37.7 Å². The van der Waals surface area contributed by atoms with E-state index in [0.29, 0.717) is 23.9 Å². The molecule has 0 spiro atoms. The molecular weight excluding hydrogens is 264 g/mol. The number of amides is 1. The van der Waals surface area contributed by atoms with Gasteiger partial charge in [-0.15, -0.1) is 12.4 Å². The van der Waals surface area contributed by atoms with E-state index in [1.165, 1.54) is 25.7 Å². The number of rotatable bonds is 4. The maximum absolute atomic E-state index is 11.9. The first-order valence-electron chi connectivity index (χ1n) is 7.40. The Labute approximate surface area is 121 Å². The molecular formula is C14H25ClN2O2. The molecule has 110 valence electrons. The third kappa shape index (κ3) is 4.07. The van der Waals surface area contributed by atoms with E-state index in [-0.39, 0.29) is 18.3 Å². The largest absolute Gasteiger partial charge is 0.381 e. The SMILES string of the molecule is Cl.O=C(CC1CC2CCC(C1)N2)NCC1CCOC1. The van der Waals surface area contributed by atoms with Crippen LogP contribution in [0.4, 0.5) is 0 Å². The van der Waals surface area contributed by atoms with Crippen molar-refractivity contribution in [1.82, 2.24) is 10.6 Å². The van der Waals surface area contributed by atoms with E-state index in [2.05, 4.69) is 10.6 Å². The van der Waals surface area contributed by atoms with E-state index in [9.17, 15) is 4.79 Å². The molecule has 3 aliphatic heterocycles. The molecule has 0 aromatic carbocycles. The zero-order valence-corrected chi connectivity index (χ0v) is 12.2. The summed E-state index contributed by atoms with van der Waals surface area (Å²) in [6.07, 6.45) is 6.82. The van der Waals surface area contributed by atoms with Crippen LogP contribution in [0, 0.1) is 11.8 Å². The summed E-state index contributed by atoms with van der Waals surface area (Å²) in [6, 6.07) is 1.37. The fourth-order valence-electron chi connectivity index (χ4n) is 3.68. The lowest BCUT2D eigenvalue weighted by Gasteiger charge is -2.28. The third-order valence-corrected chi connectivity index (χ3v) is 4.66. The van der Waals surface area contributed by atoms with Gasteiger partial charge in [-0.05, 0) is 38.0 Å². The number of halogens is 1. The Morgan fingerprint density at radius 3 is 2.53 bits per heavy atom. The third-order valence-electron chi connectivity index (χ3n) is 4.66. The van der Waals surface area contributed by atoms with Gasteiger partial charge in [-0.2, -0.15) is 0 Å². The molecule has 1 amide bonds. The van der Waals surface area contributed by atoms with Crippen LogP contribution in [0.5, 0.6) is 0 Å². The summed E-state index contributed by atoms with van der Waals surface area (Å²) in [5, 5.41) is 6.70. The van der Waals surface area contributed by atoms with Crippen molar-refractivity contribution in [2.24, 2.45) is 11.8 Å². The molecule has 3 aliphatic rings. The Kier molecular flexibility index (Phi) is 5.48. The van der Waals surface area contributed by atoms with Crippen LogP contribution in [0.2, 0.25) is 0 Å². The quantitative estimate of drug-likeness (QED) is 0.824. The summed E-state index contributed by atoms with van der Waals surface area (Å²) < 4.78 is 5.32. The molecule has 2 bridgehead atoms. The zero-order valence-electron chi connectivity index (χ0n) is 11.4. The van der Waals surface area contributed by atoms with Crippen LogP contribution >= 0.6 is 12.4 Å². The number of carbonyl (C=O) groups excluding carboxylic acids is 1. The molecule has 3 fully saturated rings. The van der Waals surface area contributed by atoms with Gasteiger partial charge in [0.05, 0.1) is 6.61 Å². The topological polar surface area (TPSA) is 50.4 Å². The van der Waals surface area contributed by atoms with E-state index in [1.54, 1.807) is 0 Å². The molecule has 2 N–H and O–H groups in total. The zero-order chi connectivity index (χ0) is 12.4. The normalized spacial score (nSPS) is 36.8. The molecule has 3 atom stereocenters. The van der Waals surface area contributed by atoms with Crippen molar-refractivity contribution >= 4 is 18.3 Å². The molecule has 4 nitrogen and oxygen atoms in total. The second kappa shape index (κ2) is 6.91. The van der Waals surface area contributed by atoms with E-state index in [1.807, 2.05) is 0 Å². The number of piperidine rings is 1. The van der Waals surface area contributed by atoms with E-state index in [4.69, 9.17) is 4.74 Å². The molecule has 0 saturated carbocycles. The molecule has 0 aromatic rings. The van der Waals surface area contributed by atoms with Gasteiger partial charge in [0.2, 0.25) is 5.91 Å². The molecule has 3 heterocycles. The van der Waals surface area contributed by atoms with Crippen LogP contribution < -0.4 is 10.6 Å². The summed E-state index contributed by atoms with van der Waals surface area (Å²) in [5.74, 6) is 1.38. The van der Waals surface area contributed by atoms with Crippen molar-refractivity contribution < 1.29 is 9.53 Å². The predicted molar refractivity (Wildman–Crippen MR) is 76.5 cm³/mol. The minimum absolute atomic E-state index is 0. The van der Waals surface area contributed by atoms with Gasteiger partial charge >= 0.3 is 0 Å². The van der Waals surface area contributed by atoms with Gasteiger partial charge in [-0.3, -0.25) is 4.79 Å². The highest BCUT2D eigenvalue weighted by atomic mass is 35.5. The standard InChI is InChI=1S/C14H24N2O2.ClH/c17-14(15-8-10-3-4-18-9-10)7-11-5-12-1-2-13(6-11)16-12;/h10-13,16H,1-9H2,(H,15,17);1H. The van der Waals surface area contributed by atoms with Crippen molar-refractivity contribution in [2.75, 3.05) is 19.8 Å². The smallest absolute Gasteiger partial charge is 0.220 e. The number of hydrogen-bond acceptors (Lipinski definition) is 3. The minimum atomic E-state index is 0. The number of nitrogens with one attached hydrogen (secondary N) is 2. The number of hydrogen-bond donors (Lipinski definition) is 2. The second-order valence-corrected chi connectivity index (χ2v) is 6.21. The molecule has 3 saturated heterocycles. The predicted octanol–water partition coefficient (Wildman–Crippen LogP) is 1.48. The highest BCUT2D eigenvalue weighted by Gasteiger charge is 2.34. The summed E-state index contributed by atoms with van der Waals surface area (Å²) in [5.41, 5.74) is 0. The fraction of sp³-hybridized carbons (Fsp3) is 0.929. The highest BCUT2D eigenvalue weighted by Crippen LogP contribution is 2.32. The summed E-state index contributed by atoms with van der Waals surface area (Å²) in [4.78, 5) is 11.9. The van der Waals surface area contributed by atoms with Crippen LogP contribution in [0.1, 0.15) is 38.5 Å². The molecule has 0 radical (unpaired) electrons. The Morgan fingerprint density at radius 2 is 1.89 bits per heavy atom. The summed E-state index contributed by atoms with van der Waals surface area (Å²) in [6.45, 7) is 2.48. The summed E-state index contributed by atoms with van der Waals surface area (Å²) in [7, 11) is 0. The van der Waals surface area contributed by atoms with E-state index < -0.39 is 0 Å². The maximum Gasteiger partial charge on any atom is 0.220 e. The first kappa shape index (κ1) is 15.1. The second-order valence-electron chi connectivity index (χ2n) is 6.21. The Hall–Kier alpha value is -0.320. The summed E-state index contributed by atoms with van der Waals surface area (Å²) >= 11 is 0. The van der Waals surface area contributed by atoms with Crippen LogP contribution in [0.25, 0.3) is 0 Å². The van der Waals surface area contributed by atoms with E-state index in [0.717, 1.165) is 32.6 Å². The maximum atomic E-state index is 11.9. The first-order valence-corrected chi connectivity index (χ1v) is 7.40. The fourth-order valence-corrected chi connectivity index (χ4v) is 3.68. The van der Waals surface area contributed by atoms with Crippen molar-refractivity contribution in [3.05, 3.63) is 0 Å². The van der Waals surface area contributed by atoms with Crippen LogP contribution in [0.3, 0.4) is 0 Å². The lowest BCUT2D eigenvalue weighted by Crippen LogP contribution is -2.40. The molecule has 3 rings (SSSR count). The molecule has 5 heteroatoms.